The molecule has 0 bridgehead atoms. The van der Waals surface area contributed by atoms with Crippen LogP contribution in [0.5, 0.6) is 0 Å². The Bertz CT molecular complexity index is 906. The highest BCUT2D eigenvalue weighted by Gasteiger charge is 2.32. The van der Waals surface area contributed by atoms with Gasteiger partial charge in [-0.2, -0.15) is 4.98 Å². The maximum atomic E-state index is 12.8. The van der Waals surface area contributed by atoms with E-state index < -0.39 is 11.7 Å². The van der Waals surface area contributed by atoms with Gasteiger partial charge in [0.1, 0.15) is 11.9 Å². The molecule has 2 N–H and O–H groups in total. The van der Waals surface area contributed by atoms with Gasteiger partial charge in [0.25, 0.3) is 0 Å². The molecule has 1 aliphatic rings. The number of carbonyl (C=O) groups excluding carboxylic acids is 1. The summed E-state index contributed by atoms with van der Waals surface area (Å²) in [4.78, 5) is 27.2. The predicted molar refractivity (Wildman–Crippen MR) is 117 cm³/mol. The SMILES string of the molecule is CC(C)(C)OC(=O)N1CCOC[C@H]1c1cc(Cl)cc(-c2ncnc(NCCCO)n2)c1. The molecule has 0 radical (unpaired) electrons. The third-order valence-electron chi connectivity index (χ3n) is 4.51. The average Bonchev–Trinajstić information content (AvgIpc) is 2.72. The maximum Gasteiger partial charge on any atom is 0.410 e. The lowest BCUT2D eigenvalue weighted by atomic mass is 10.0. The summed E-state index contributed by atoms with van der Waals surface area (Å²) >= 11 is 6.40. The minimum absolute atomic E-state index is 0.0835. The number of carbonyl (C=O) groups is 1. The number of anilines is 1. The first-order chi connectivity index (χ1) is 14.8. The molecule has 1 saturated heterocycles. The van der Waals surface area contributed by atoms with Crippen LogP contribution in [0.15, 0.2) is 24.5 Å². The Hall–Kier alpha value is -2.49. The highest BCUT2D eigenvalue weighted by molar-refractivity contribution is 6.30. The lowest BCUT2D eigenvalue weighted by Crippen LogP contribution is -2.45. The highest BCUT2D eigenvalue weighted by atomic mass is 35.5. The smallest absolute Gasteiger partial charge is 0.410 e. The monoisotopic (exact) mass is 449 g/mol. The molecular formula is C21H28ClN5O4. The van der Waals surface area contributed by atoms with Gasteiger partial charge >= 0.3 is 6.09 Å². The molecule has 2 heterocycles. The molecule has 31 heavy (non-hydrogen) atoms. The largest absolute Gasteiger partial charge is 0.444 e. The van der Waals surface area contributed by atoms with E-state index in [1.807, 2.05) is 32.9 Å². The summed E-state index contributed by atoms with van der Waals surface area (Å²) in [6, 6.07) is 5.13. The van der Waals surface area contributed by atoms with Crippen molar-refractivity contribution in [3.63, 3.8) is 0 Å². The van der Waals surface area contributed by atoms with Crippen LogP contribution in [0.1, 0.15) is 38.8 Å². The van der Waals surface area contributed by atoms with Crippen molar-refractivity contribution in [2.24, 2.45) is 0 Å². The number of aliphatic hydroxyl groups is 1. The highest BCUT2D eigenvalue weighted by Crippen LogP contribution is 2.31. The van der Waals surface area contributed by atoms with Crippen LogP contribution >= 0.6 is 11.6 Å². The Labute approximate surface area is 186 Å². The minimum Gasteiger partial charge on any atom is -0.444 e. The summed E-state index contributed by atoms with van der Waals surface area (Å²) < 4.78 is 11.2. The maximum absolute atomic E-state index is 12.8. The average molecular weight is 450 g/mol. The van der Waals surface area contributed by atoms with Crippen molar-refractivity contribution in [2.75, 3.05) is 38.2 Å². The summed E-state index contributed by atoms with van der Waals surface area (Å²) in [6.45, 7) is 7.35. The van der Waals surface area contributed by atoms with Crippen LogP contribution in [0.25, 0.3) is 11.4 Å². The molecule has 1 aromatic carbocycles. The molecule has 0 unspecified atom stereocenters. The molecule has 1 aliphatic heterocycles. The van der Waals surface area contributed by atoms with E-state index >= 15 is 0 Å². The summed E-state index contributed by atoms with van der Waals surface area (Å²) in [5.74, 6) is 0.863. The van der Waals surface area contributed by atoms with Crippen molar-refractivity contribution in [1.82, 2.24) is 19.9 Å². The van der Waals surface area contributed by atoms with E-state index in [0.29, 0.717) is 55.1 Å². The number of hydrogen-bond acceptors (Lipinski definition) is 8. The van der Waals surface area contributed by atoms with Crippen molar-refractivity contribution in [2.45, 2.75) is 38.8 Å². The normalized spacial score (nSPS) is 16.8. The van der Waals surface area contributed by atoms with E-state index in [1.165, 1.54) is 6.33 Å². The topological polar surface area (TPSA) is 110 Å². The summed E-state index contributed by atoms with van der Waals surface area (Å²) in [5, 5.41) is 12.5. The number of nitrogens with one attached hydrogen (secondary N) is 1. The number of aromatic nitrogens is 3. The van der Waals surface area contributed by atoms with Crippen LogP contribution in [-0.4, -0.2) is 69.6 Å². The first kappa shape index (κ1) is 23.2. The molecule has 10 heteroatoms. The molecule has 0 saturated carbocycles. The fraction of sp³-hybridized carbons (Fsp3) is 0.524. The Morgan fingerprint density at radius 3 is 2.90 bits per heavy atom. The van der Waals surface area contributed by atoms with E-state index in [4.69, 9.17) is 26.2 Å². The van der Waals surface area contributed by atoms with Crippen LogP contribution in [-0.2, 0) is 9.47 Å². The van der Waals surface area contributed by atoms with Crippen molar-refractivity contribution < 1.29 is 19.4 Å². The lowest BCUT2D eigenvalue weighted by molar-refractivity contribution is -0.0331. The number of aliphatic hydroxyl groups excluding tert-OH is 1. The zero-order chi connectivity index (χ0) is 22.4. The third kappa shape index (κ3) is 6.49. The van der Waals surface area contributed by atoms with Gasteiger partial charge in [-0.1, -0.05) is 11.6 Å². The Morgan fingerprint density at radius 2 is 2.16 bits per heavy atom. The molecule has 0 aliphatic carbocycles. The van der Waals surface area contributed by atoms with Gasteiger partial charge in [0, 0.05) is 30.3 Å². The second-order valence-electron chi connectivity index (χ2n) is 8.17. The second kappa shape index (κ2) is 10.2. The number of benzene rings is 1. The van der Waals surface area contributed by atoms with Gasteiger partial charge in [0.05, 0.1) is 19.3 Å². The van der Waals surface area contributed by atoms with Crippen LogP contribution in [0.3, 0.4) is 0 Å². The lowest BCUT2D eigenvalue weighted by Gasteiger charge is -2.37. The second-order valence-corrected chi connectivity index (χ2v) is 8.61. The van der Waals surface area contributed by atoms with Crippen LogP contribution in [0, 0.1) is 0 Å². The molecule has 1 aromatic heterocycles. The van der Waals surface area contributed by atoms with Crippen LogP contribution in [0.2, 0.25) is 5.02 Å². The Morgan fingerprint density at radius 1 is 1.35 bits per heavy atom. The van der Waals surface area contributed by atoms with Crippen molar-refractivity contribution in [3.8, 4) is 11.4 Å². The summed E-state index contributed by atoms with van der Waals surface area (Å²) in [7, 11) is 0. The van der Waals surface area contributed by atoms with E-state index in [0.717, 1.165) is 5.56 Å². The number of morpholine rings is 1. The molecule has 2 aromatic rings. The van der Waals surface area contributed by atoms with Gasteiger partial charge in [-0.05, 0) is 51.0 Å². The number of ether oxygens (including phenoxy) is 2. The van der Waals surface area contributed by atoms with Gasteiger partial charge in [-0.3, -0.25) is 4.90 Å². The van der Waals surface area contributed by atoms with Crippen molar-refractivity contribution in [1.29, 1.82) is 0 Å². The van der Waals surface area contributed by atoms with Gasteiger partial charge in [0.2, 0.25) is 5.95 Å². The Balaban J connectivity index is 1.87. The zero-order valence-corrected chi connectivity index (χ0v) is 18.7. The van der Waals surface area contributed by atoms with Crippen LogP contribution in [0.4, 0.5) is 10.7 Å². The summed E-state index contributed by atoms with van der Waals surface area (Å²) in [5.41, 5.74) is 0.914. The molecule has 1 fully saturated rings. The quantitative estimate of drug-likeness (QED) is 0.646. The van der Waals surface area contributed by atoms with Crippen molar-refractivity contribution in [3.05, 3.63) is 35.1 Å². The first-order valence-corrected chi connectivity index (χ1v) is 10.6. The Kier molecular flexibility index (Phi) is 7.64. The molecule has 1 amide bonds. The number of amides is 1. The molecule has 0 spiro atoms. The first-order valence-electron chi connectivity index (χ1n) is 10.2. The number of halogens is 1. The van der Waals surface area contributed by atoms with Gasteiger partial charge in [0.15, 0.2) is 5.82 Å². The van der Waals surface area contributed by atoms with Gasteiger partial charge in [-0.15, -0.1) is 0 Å². The molecular weight excluding hydrogens is 422 g/mol. The molecule has 1 atom stereocenters. The van der Waals surface area contributed by atoms with E-state index in [2.05, 4.69) is 20.3 Å². The molecule has 3 rings (SSSR count). The van der Waals surface area contributed by atoms with Crippen molar-refractivity contribution >= 4 is 23.6 Å². The standard InChI is InChI=1S/C21H28ClN5O4/c1-21(2,3)31-20(29)27-6-8-30-12-17(27)14-9-15(11-16(22)10-14)18-24-13-25-19(26-18)23-5-4-7-28/h9-11,13,17,28H,4-8,12H2,1-3H3,(H,23,24,25,26)/t17-/m0/s1. The molecule has 168 valence electrons. The fourth-order valence-corrected chi connectivity index (χ4v) is 3.40. The number of nitrogens with zero attached hydrogens (tertiary/aromatic N) is 4. The number of hydrogen-bond donors (Lipinski definition) is 2. The minimum atomic E-state index is -0.594. The van der Waals surface area contributed by atoms with E-state index in [-0.39, 0.29) is 12.6 Å². The molecule has 9 nitrogen and oxygen atoms in total. The van der Waals surface area contributed by atoms with Gasteiger partial charge in [-0.25, -0.2) is 14.8 Å². The third-order valence-corrected chi connectivity index (χ3v) is 4.73. The zero-order valence-electron chi connectivity index (χ0n) is 18.0. The van der Waals surface area contributed by atoms with Crippen LogP contribution < -0.4 is 5.32 Å². The summed E-state index contributed by atoms with van der Waals surface area (Å²) in [6.07, 6.45) is 1.61. The van der Waals surface area contributed by atoms with E-state index in [9.17, 15) is 4.79 Å². The van der Waals surface area contributed by atoms with Gasteiger partial charge < -0.3 is 19.9 Å². The predicted octanol–water partition coefficient (Wildman–Crippen LogP) is 3.29. The number of rotatable bonds is 6. The fourth-order valence-electron chi connectivity index (χ4n) is 3.15. The van der Waals surface area contributed by atoms with E-state index in [1.54, 1.807) is 11.0 Å².